The van der Waals surface area contributed by atoms with Gasteiger partial charge in [-0.25, -0.2) is 5.43 Å². The van der Waals surface area contributed by atoms with Crippen LogP contribution in [0, 0.1) is 0 Å². The van der Waals surface area contributed by atoms with Gasteiger partial charge in [-0.1, -0.05) is 0 Å². The standard InChI is InChI=1S/C10H17N3O2/c1-13(2)12-7-8-10(15-4)9(14-3)5-6-11-8/h5-6,12H,7H2,1-4H3. The molecule has 0 aliphatic heterocycles. The third kappa shape index (κ3) is 3.07. The van der Waals surface area contributed by atoms with Crippen LogP contribution in [0.4, 0.5) is 0 Å². The highest BCUT2D eigenvalue weighted by atomic mass is 16.5. The van der Waals surface area contributed by atoms with Crippen LogP contribution in [0.3, 0.4) is 0 Å². The van der Waals surface area contributed by atoms with Crippen LogP contribution in [0.1, 0.15) is 5.69 Å². The molecule has 1 aromatic heterocycles. The number of pyridine rings is 1. The summed E-state index contributed by atoms with van der Waals surface area (Å²) in [5.74, 6) is 1.37. The quantitative estimate of drug-likeness (QED) is 0.725. The molecule has 1 rings (SSSR count). The van der Waals surface area contributed by atoms with E-state index < -0.39 is 0 Å². The number of nitrogens with one attached hydrogen (secondary N) is 1. The van der Waals surface area contributed by atoms with Crippen LogP contribution in [0.2, 0.25) is 0 Å². The summed E-state index contributed by atoms with van der Waals surface area (Å²) in [5.41, 5.74) is 3.95. The van der Waals surface area contributed by atoms with Crippen molar-refractivity contribution in [1.82, 2.24) is 15.4 Å². The van der Waals surface area contributed by atoms with Crippen molar-refractivity contribution >= 4 is 0 Å². The second kappa shape index (κ2) is 5.53. The molecule has 0 saturated heterocycles. The SMILES string of the molecule is COc1ccnc(CNN(C)C)c1OC. The van der Waals surface area contributed by atoms with Gasteiger partial charge in [-0.15, -0.1) is 0 Å². The lowest BCUT2D eigenvalue weighted by Crippen LogP contribution is -2.30. The summed E-state index contributed by atoms with van der Waals surface area (Å²) in [6.07, 6.45) is 1.70. The maximum absolute atomic E-state index is 5.25. The van der Waals surface area contributed by atoms with Crippen LogP contribution < -0.4 is 14.9 Å². The minimum absolute atomic E-state index is 0.605. The number of hydrogen-bond acceptors (Lipinski definition) is 5. The minimum atomic E-state index is 0.605. The third-order valence-corrected chi connectivity index (χ3v) is 1.93. The van der Waals surface area contributed by atoms with E-state index in [1.54, 1.807) is 26.5 Å². The predicted octanol–water partition coefficient (Wildman–Crippen LogP) is 0.665. The molecule has 0 saturated carbocycles. The van der Waals surface area contributed by atoms with Crippen LogP contribution in [0.25, 0.3) is 0 Å². The molecule has 5 heteroatoms. The molecule has 84 valence electrons. The average Bonchev–Trinajstić information content (AvgIpc) is 2.25. The molecule has 0 unspecified atom stereocenters. The Morgan fingerprint density at radius 3 is 2.60 bits per heavy atom. The molecule has 1 heterocycles. The molecule has 0 atom stereocenters. The van der Waals surface area contributed by atoms with Crippen molar-refractivity contribution in [2.75, 3.05) is 28.3 Å². The Morgan fingerprint density at radius 2 is 2.07 bits per heavy atom. The summed E-state index contributed by atoms with van der Waals surface area (Å²) in [6.45, 7) is 0.605. The van der Waals surface area contributed by atoms with E-state index in [4.69, 9.17) is 9.47 Å². The van der Waals surface area contributed by atoms with Crippen LogP contribution >= 0.6 is 0 Å². The largest absolute Gasteiger partial charge is 0.493 e. The molecular formula is C10H17N3O2. The lowest BCUT2D eigenvalue weighted by Gasteiger charge is -2.14. The first-order chi connectivity index (χ1) is 7.19. The average molecular weight is 211 g/mol. The minimum Gasteiger partial charge on any atom is -0.493 e. The molecule has 5 nitrogen and oxygen atoms in total. The van der Waals surface area contributed by atoms with Crippen molar-refractivity contribution in [3.05, 3.63) is 18.0 Å². The van der Waals surface area contributed by atoms with Gasteiger partial charge < -0.3 is 9.47 Å². The molecule has 0 fully saturated rings. The number of methoxy groups -OCH3 is 2. The smallest absolute Gasteiger partial charge is 0.183 e. The van der Waals surface area contributed by atoms with Gasteiger partial charge in [0.2, 0.25) is 0 Å². The van der Waals surface area contributed by atoms with Crippen LogP contribution in [0.5, 0.6) is 11.5 Å². The van der Waals surface area contributed by atoms with E-state index in [2.05, 4.69) is 10.4 Å². The van der Waals surface area contributed by atoms with E-state index in [0.717, 1.165) is 5.69 Å². The molecule has 0 radical (unpaired) electrons. The molecule has 0 bridgehead atoms. The Labute approximate surface area is 90.0 Å². The molecule has 15 heavy (non-hydrogen) atoms. The Bertz CT molecular complexity index is 316. The lowest BCUT2D eigenvalue weighted by atomic mass is 10.3. The highest BCUT2D eigenvalue weighted by molar-refractivity contribution is 5.42. The van der Waals surface area contributed by atoms with Crippen LogP contribution in [0.15, 0.2) is 12.3 Å². The highest BCUT2D eigenvalue weighted by Crippen LogP contribution is 2.28. The Morgan fingerprint density at radius 1 is 1.33 bits per heavy atom. The summed E-state index contributed by atoms with van der Waals surface area (Å²) in [6, 6.07) is 1.78. The van der Waals surface area contributed by atoms with Crippen molar-refractivity contribution in [1.29, 1.82) is 0 Å². The van der Waals surface area contributed by atoms with Crippen LogP contribution in [-0.2, 0) is 6.54 Å². The van der Waals surface area contributed by atoms with Gasteiger partial charge in [-0.2, -0.15) is 0 Å². The second-order valence-electron chi connectivity index (χ2n) is 3.22. The molecule has 0 aliphatic carbocycles. The fourth-order valence-electron chi connectivity index (χ4n) is 1.21. The van der Waals surface area contributed by atoms with E-state index in [1.165, 1.54) is 0 Å². The van der Waals surface area contributed by atoms with Crippen molar-refractivity contribution in [2.24, 2.45) is 0 Å². The van der Waals surface area contributed by atoms with Crippen molar-refractivity contribution in [3.8, 4) is 11.5 Å². The molecule has 0 amide bonds. The molecular weight excluding hydrogens is 194 g/mol. The zero-order chi connectivity index (χ0) is 11.3. The van der Waals surface area contributed by atoms with Gasteiger partial charge in [0, 0.05) is 26.4 Å². The van der Waals surface area contributed by atoms with Crippen LogP contribution in [-0.4, -0.2) is 38.3 Å². The van der Waals surface area contributed by atoms with Crippen molar-refractivity contribution in [3.63, 3.8) is 0 Å². The van der Waals surface area contributed by atoms with Gasteiger partial charge in [0.05, 0.1) is 20.8 Å². The molecule has 0 aliphatic rings. The highest BCUT2D eigenvalue weighted by Gasteiger charge is 2.10. The molecule has 1 aromatic rings. The second-order valence-corrected chi connectivity index (χ2v) is 3.22. The fourth-order valence-corrected chi connectivity index (χ4v) is 1.21. The summed E-state index contributed by atoms with van der Waals surface area (Å²) in [4.78, 5) is 4.24. The van der Waals surface area contributed by atoms with Crippen molar-refractivity contribution in [2.45, 2.75) is 6.54 Å². The number of ether oxygens (including phenoxy) is 2. The van der Waals surface area contributed by atoms with Gasteiger partial charge >= 0.3 is 0 Å². The van der Waals surface area contributed by atoms with E-state index in [0.29, 0.717) is 18.0 Å². The fraction of sp³-hybridized carbons (Fsp3) is 0.500. The van der Waals surface area contributed by atoms with Gasteiger partial charge in [-0.3, -0.25) is 9.99 Å². The number of aromatic nitrogens is 1. The van der Waals surface area contributed by atoms with E-state index in [1.807, 2.05) is 19.1 Å². The van der Waals surface area contributed by atoms with E-state index in [-0.39, 0.29) is 0 Å². The molecule has 1 N–H and O–H groups in total. The van der Waals surface area contributed by atoms with Gasteiger partial charge in [0.25, 0.3) is 0 Å². The Balaban J connectivity index is 2.86. The number of hydrogen-bond donors (Lipinski definition) is 1. The summed E-state index contributed by atoms with van der Waals surface area (Å²) >= 11 is 0. The number of nitrogens with zero attached hydrogens (tertiary/aromatic N) is 2. The van der Waals surface area contributed by atoms with Gasteiger partial charge in [0.1, 0.15) is 5.69 Å². The first-order valence-corrected chi connectivity index (χ1v) is 4.65. The van der Waals surface area contributed by atoms with E-state index >= 15 is 0 Å². The summed E-state index contributed by atoms with van der Waals surface area (Å²) in [7, 11) is 7.07. The maximum Gasteiger partial charge on any atom is 0.183 e. The first-order valence-electron chi connectivity index (χ1n) is 4.65. The van der Waals surface area contributed by atoms with Gasteiger partial charge in [0.15, 0.2) is 11.5 Å². The Hall–Kier alpha value is -1.33. The first kappa shape index (κ1) is 11.7. The van der Waals surface area contributed by atoms with Crippen molar-refractivity contribution < 1.29 is 9.47 Å². The normalized spacial score (nSPS) is 10.5. The molecule has 0 spiro atoms. The lowest BCUT2D eigenvalue weighted by molar-refractivity contribution is 0.278. The number of rotatable bonds is 5. The van der Waals surface area contributed by atoms with Gasteiger partial charge in [-0.05, 0) is 0 Å². The zero-order valence-electron chi connectivity index (χ0n) is 9.57. The molecule has 0 aromatic carbocycles. The topological polar surface area (TPSA) is 46.6 Å². The number of hydrazine groups is 1. The monoisotopic (exact) mass is 211 g/mol. The zero-order valence-corrected chi connectivity index (χ0v) is 9.57. The predicted molar refractivity (Wildman–Crippen MR) is 57.9 cm³/mol. The maximum atomic E-state index is 5.25. The summed E-state index contributed by atoms with van der Waals surface area (Å²) < 4.78 is 10.4. The third-order valence-electron chi connectivity index (χ3n) is 1.93. The van der Waals surface area contributed by atoms with E-state index in [9.17, 15) is 0 Å². The Kier molecular flexibility index (Phi) is 4.33. The summed E-state index contributed by atoms with van der Waals surface area (Å²) in [5, 5.41) is 1.86.